The van der Waals surface area contributed by atoms with Crippen LogP contribution in [0.15, 0.2) is 30.5 Å². The summed E-state index contributed by atoms with van der Waals surface area (Å²) in [5.41, 5.74) is 1.46. The molecule has 27 N–H and O–H groups in total. The minimum absolute atomic E-state index is 0.0385. The van der Waals surface area contributed by atoms with E-state index in [1.54, 1.807) is 18.3 Å². The Morgan fingerprint density at radius 3 is 0.819 bits per heavy atom. The third-order valence-corrected chi connectivity index (χ3v) is 20.2. The molecule has 32 rings (SSSR count). The minimum atomic E-state index is -2.28. The fourth-order valence-corrected chi connectivity index (χ4v) is 14.3. The van der Waals surface area contributed by atoms with Crippen molar-refractivity contribution in [3.8, 4) is 0 Å². The van der Waals surface area contributed by atoms with Crippen molar-refractivity contribution >= 4 is 16.9 Å². The number of carboxylic acid groups (broad SMARTS) is 1. The van der Waals surface area contributed by atoms with E-state index in [1.807, 2.05) is 12.1 Å². The number of rotatable bonds is 16. The van der Waals surface area contributed by atoms with E-state index < -0.39 is 310 Å². The first-order chi connectivity index (χ1) is 50.2. The van der Waals surface area contributed by atoms with Gasteiger partial charge >= 0.3 is 5.97 Å². The van der Waals surface area contributed by atoms with Crippen LogP contribution in [0.4, 0.5) is 0 Å². The summed E-state index contributed by atoms with van der Waals surface area (Å²) in [6, 6.07) is 6.09. The van der Waals surface area contributed by atoms with Crippen molar-refractivity contribution in [3.63, 3.8) is 0 Å². The van der Waals surface area contributed by atoms with Crippen LogP contribution in [-0.2, 0) is 87.0 Å². The number of aliphatic carboxylic acids is 1. The Morgan fingerprint density at radius 2 is 0.571 bits per heavy atom. The van der Waals surface area contributed by atoms with E-state index in [2.05, 4.69) is 15.6 Å². The molecule has 31 heterocycles. The van der Waals surface area contributed by atoms with Gasteiger partial charge in [0.15, 0.2) is 50.3 Å². The zero-order valence-electron chi connectivity index (χ0n) is 55.5. The van der Waals surface area contributed by atoms with E-state index in [4.69, 9.17) is 75.8 Å². The van der Waals surface area contributed by atoms with E-state index in [0.717, 1.165) is 10.9 Å². The number of ether oxygens (including phenoxy) is 16. The molecule has 16 bridgehead atoms. The lowest BCUT2D eigenvalue weighted by Crippen LogP contribution is -2.69. The number of benzene rings is 1. The number of fused-ring (bicyclic) bond motifs is 1. The second kappa shape index (κ2) is 35.9. The highest BCUT2D eigenvalue weighted by Crippen LogP contribution is 2.40. The van der Waals surface area contributed by atoms with Crippen LogP contribution >= 0.6 is 0 Å². The maximum atomic E-state index is 12.5. The summed E-state index contributed by atoms with van der Waals surface area (Å²) < 4.78 is 93.2. The summed E-state index contributed by atoms with van der Waals surface area (Å²) in [4.78, 5) is 15.6. The fourth-order valence-electron chi connectivity index (χ4n) is 14.3. The zero-order chi connectivity index (χ0) is 75.7. The SMILES string of the molecule is O=C(O)[C@H](Cc1c[nH]c2ccccc12)NCCNC[C@H]1O[C@@H]2O[C@H]3[C@H](O)[C@@H](O)[C@@H](O[C@H]4[C@H](O)[C@@H](O)[C@@H](O[C@H]5[C@H](O)[C@@H](O)[C@@H](O[C@H]6[C@H](O)[C@@H](O)[C@@H](O[C@H]7[C@H](O)[C@@H](O)[C@@H](O[C@H]8[C@H](O)[C@@H](O)[C@@H](O[C@H]9[C@H](O)[C@@H](O)[C@@H](O[C@H]1[C@H](O)[C@H]2O)O[C@@H]9CO)O[C@@H]8CO)O[C@@H]7CO)O[C@@H]6CO)O[C@@H]5CO)O[C@@H]4CO)O[C@@H]3CO. The number of aliphatic hydroxyl groups excluding tert-OH is 23. The highest BCUT2D eigenvalue weighted by atomic mass is 16.8. The molecule has 0 aliphatic carbocycles. The molecule has 600 valence electrons. The zero-order valence-corrected chi connectivity index (χ0v) is 55.5. The lowest BCUT2D eigenvalue weighted by Gasteiger charge is -2.50. The second-order valence-corrected chi connectivity index (χ2v) is 26.9. The predicted molar refractivity (Wildman–Crippen MR) is 328 cm³/mol. The molecule has 0 spiro atoms. The molecule has 2 aromatic rings. The summed E-state index contributed by atoms with van der Waals surface area (Å²) in [7, 11) is 0. The van der Waals surface area contributed by atoms with Crippen LogP contribution in [-0.4, -0.2) is 451 Å². The van der Waals surface area contributed by atoms with E-state index in [-0.39, 0.29) is 19.5 Å². The molecule has 0 amide bonds. The number of carboxylic acids is 1. The van der Waals surface area contributed by atoms with Crippen LogP contribution in [0.2, 0.25) is 0 Å². The maximum Gasteiger partial charge on any atom is 0.321 e. The molecule has 105 heavy (non-hydrogen) atoms. The lowest BCUT2D eigenvalue weighted by atomic mass is 9.94. The number of aliphatic hydroxyl groups is 23. The monoisotopic (exact) mass is 1530 g/mol. The first kappa shape index (κ1) is 82.5. The van der Waals surface area contributed by atoms with E-state index in [0.29, 0.717) is 5.56 Å². The van der Waals surface area contributed by atoms with Crippen LogP contribution < -0.4 is 10.6 Å². The molecule has 44 heteroatoms. The molecule has 1 aromatic carbocycles. The molecule has 30 aliphatic rings. The number of H-pyrrole nitrogens is 1. The normalized spacial score (nSPS) is 48.6. The first-order valence-corrected chi connectivity index (χ1v) is 34.1. The van der Waals surface area contributed by atoms with Crippen LogP contribution in [0.5, 0.6) is 0 Å². The smallest absolute Gasteiger partial charge is 0.321 e. The van der Waals surface area contributed by atoms with Crippen molar-refractivity contribution in [1.29, 1.82) is 0 Å². The van der Waals surface area contributed by atoms with Gasteiger partial charge in [0.25, 0.3) is 0 Å². The second-order valence-electron chi connectivity index (χ2n) is 26.9. The van der Waals surface area contributed by atoms with Gasteiger partial charge in [0.1, 0.15) is 201 Å². The summed E-state index contributed by atoms with van der Waals surface area (Å²) in [5, 5.41) is 276. The molecular formula is C61H95N3O41. The highest BCUT2D eigenvalue weighted by Gasteiger charge is 2.60. The van der Waals surface area contributed by atoms with Crippen LogP contribution in [0.25, 0.3) is 10.9 Å². The number of nitrogens with one attached hydrogen (secondary N) is 3. The van der Waals surface area contributed by atoms with Gasteiger partial charge in [-0.1, -0.05) is 18.2 Å². The highest BCUT2D eigenvalue weighted by molar-refractivity contribution is 5.84. The van der Waals surface area contributed by atoms with Crippen LogP contribution in [0, 0.1) is 0 Å². The van der Waals surface area contributed by atoms with E-state index in [1.165, 1.54) is 0 Å². The third-order valence-electron chi connectivity index (χ3n) is 20.2. The van der Waals surface area contributed by atoms with Crippen molar-refractivity contribution in [2.75, 3.05) is 65.9 Å². The van der Waals surface area contributed by atoms with Crippen molar-refractivity contribution < 1.29 is 203 Å². The van der Waals surface area contributed by atoms with Crippen molar-refractivity contribution in [3.05, 3.63) is 36.0 Å². The van der Waals surface area contributed by atoms with E-state index in [9.17, 15) is 127 Å². The van der Waals surface area contributed by atoms with Crippen molar-refractivity contribution in [2.45, 2.75) is 258 Å². The van der Waals surface area contributed by atoms with Crippen molar-refractivity contribution in [1.82, 2.24) is 15.6 Å². The van der Waals surface area contributed by atoms with Crippen LogP contribution in [0.3, 0.4) is 0 Å². The maximum absolute atomic E-state index is 12.5. The lowest BCUT2D eigenvalue weighted by molar-refractivity contribution is -0.403. The molecule has 44 nitrogen and oxygen atoms in total. The summed E-state index contributed by atoms with van der Waals surface area (Å²) >= 11 is 0. The molecule has 30 saturated heterocycles. The average molecular weight is 1530 g/mol. The van der Waals surface area contributed by atoms with Crippen molar-refractivity contribution in [2.24, 2.45) is 0 Å². The van der Waals surface area contributed by atoms with Crippen LogP contribution in [0.1, 0.15) is 5.56 Å². The number of carbonyl (C=O) groups is 1. The topological polar surface area (TPSA) is 690 Å². The number of hydrogen-bond donors (Lipinski definition) is 27. The van der Waals surface area contributed by atoms with Gasteiger partial charge in [0, 0.05) is 43.2 Å². The standard InChI is InChI=1S/C61H95N3O41/c65-10-22-46-31(74)39(82)56(92-22)101-48-24(12-67)94-58(41(84)33(48)76)103-50-26(14-69)96-60(43(86)35(50)78)105-52-28(16-71)97-61(44(87)36(52)79)104-51-27(15-70)95-59(42(85)34(51)77)102-49-25(13-68)93-57(40(83)32(49)75)100-47-23(11-66)91-55(38(81)30(47)73)98-45-21(90-54(99-46)37(80)29(45)72)9-62-5-6-63-20(53(88)89)7-17-8-64-19-4-2-1-3-18(17)19/h1-4,8,20-52,54-87H,5-7,9-16H2,(H,88,89)/t20-,21+,22+,23+,24+,25+,26+,27+,28+,29+,30+,31+,32+,33+,34+,35+,36+,37+,38+,39+,40+,41+,42+,43+,44+,45+,46+,47+,48+,49+,50+,51+,52+,54+,55+,56+,57+,58+,59+,60+,61+/m0/s1. The Morgan fingerprint density at radius 1 is 0.333 bits per heavy atom. The number of hydrogen-bond acceptors (Lipinski definition) is 42. The van der Waals surface area contributed by atoms with Gasteiger partial charge in [-0.25, -0.2) is 0 Å². The van der Waals surface area contributed by atoms with Gasteiger partial charge in [-0.3, -0.25) is 4.79 Å². The van der Waals surface area contributed by atoms with Gasteiger partial charge in [-0.05, 0) is 11.6 Å². The fraction of sp³-hybridized carbons (Fsp3) is 0.852. The average Bonchev–Trinajstić information content (AvgIpc) is 1.63. The Bertz CT molecular complexity index is 3010. The Kier molecular flexibility index (Phi) is 28.3. The Hall–Kier alpha value is -3.41. The van der Waals surface area contributed by atoms with E-state index >= 15 is 0 Å². The summed E-state index contributed by atoms with van der Waals surface area (Å²) in [6.45, 7) is -8.24. The molecular weight excluding hydrogens is 1430 g/mol. The molecule has 30 fully saturated rings. The molecule has 1 aromatic heterocycles. The van der Waals surface area contributed by atoms with Gasteiger partial charge in [0.05, 0.1) is 46.2 Å². The Labute approximate surface area is 594 Å². The molecule has 0 saturated carbocycles. The van der Waals surface area contributed by atoms with Gasteiger partial charge in [0.2, 0.25) is 0 Å². The number of aromatic nitrogens is 1. The van der Waals surface area contributed by atoms with Gasteiger partial charge in [-0.15, -0.1) is 0 Å². The molecule has 0 radical (unpaired) electrons. The van der Waals surface area contributed by atoms with Gasteiger partial charge < -0.3 is 214 Å². The van der Waals surface area contributed by atoms with Gasteiger partial charge in [-0.2, -0.15) is 0 Å². The largest absolute Gasteiger partial charge is 0.480 e. The third kappa shape index (κ3) is 17.2. The quantitative estimate of drug-likeness (QED) is 0.0694. The minimum Gasteiger partial charge on any atom is -0.480 e. The summed E-state index contributed by atoms with van der Waals surface area (Å²) in [5.74, 6) is -1.20. The molecule has 0 unspecified atom stereocenters. The number of para-hydroxylation sites is 1. The summed E-state index contributed by atoms with van der Waals surface area (Å²) in [6.07, 6.45) is -81.0. The number of aromatic amines is 1. The Balaban J connectivity index is 0.852. The predicted octanol–water partition coefficient (Wildman–Crippen LogP) is -16.0. The first-order valence-electron chi connectivity index (χ1n) is 34.1. The molecule has 41 atom stereocenters. The molecule has 30 aliphatic heterocycles.